The largest absolute Gasteiger partial charge is 0.345 e. The highest BCUT2D eigenvalue weighted by Gasteiger charge is 2.25. The molecule has 0 aliphatic rings. The van der Waals surface area contributed by atoms with E-state index in [2.05, 4.69) is 37.2 Å². The van der Waals surface area contributed by atoms with Gasteiger partial charge in [0.15, 0.2) is 0 Å². The van der Waals surface area contributed by atoms with Crippen molar-refractivity contribution >= 4 is 49.4 Å². The van der Waals surface area contributed by atoms with Gasteiger partial charge in [0, 0.05) is 15.7 Å². The number of hydrogen-bond donors (Lipinski definition) is 1. The van der Waals surface area contributed by atoms with E-state index >= 15 is 0 Å². The molecule has 0 heterocycles. The van der Waals surface area contributed by atoms with Crippen LogP contribution in [0.1, 0.15) is 17.3 Å². The fraction of sp³-hybridized carbons (Fsp3) is 0.364. The predicted octanol–water partition coefficient (Wildman–Crippen LogP) is 3.76. The molecular weight excluding hydrogens is 376 g/mol. The van der Waals surface area contributed by atoms with Gasteiger partial charge in [-0.1, -0.05) is 43.5 Å². The Morgan fingerprint density at radius 1 is 1.47 bits per heavy atom. The maximum absolute atomic E-state index is 13.5. The molecule has 0 spiro atoms. The van der Waals surface area contributed by atoms with E-state index in [1.54, 1.807) is 0 Å². The first kappa shape index (κ1) is 14.9. The summed E-state index contributed by atoms with van der Waals surface area (Å²) < 4.78 is 13.5. The van der Waals surface area contributed by atoms with Crippen molar-refractivity contribution in [2.24, 2.45) is 0 Å². The number of amides is 1. The van der Waals surface area contributed by atoms with Crippen LogP contribution in [0.15, 0.2) is 18.2 Å². The number of hydrogen-bond acceptors (Lipinski definition) is 1. The van der Waals surface area contributed by atoms with Crippen molar-refractivity contribution in [3.8, 4) is 0 Å². The topological polar surface area (TPSA) is 29.1 Å². The van der Waals surface area contributed by atoms with Crippen molar-refractivity contribution in [2.75, 3.05) is 10.7 Å². The van der Waals surface area contributed by atoms with E-state index in [0.29, 0.717) is 15.7 Å². The third-order valence-corrected chi connectivity index (χ3v) is 4.89. The first-order valence-electron chi connectivity index (χ1n) is 4.81. The molecule has 1 aromatic carbocycles. The quantitative estimate of drug-likeness (QED) is 0.784. The van der Waals surface area contributed by atoms with Crippen LogP contribution < -0.4 is 5.32 Å². The second-order valence-corrected chi connectivity index (χ2v) is 5.46. The fourth-order valence-corrected chi connectivity index (χ4v) is 2.50. The van der Waals surface area contributed by atoms with Crippen molar-refractivity contribution in [2.45, 2.75) is 12.5 Å². The second kappa shape index (κ2) is 6.16. The van der Waals surface area contributed by atoms with Gasteiger partial charge >= 0.3 is 0 Å². The molecule has 0 aliphatic heterocycles. The molecular formula is C11H11Br2ClFNO. The summed E-state index contributed by atoms with van der Waals surface area (Å²) >= 11 is 12.3. The number of halogens is 4. The van der Waals surface area contributed by atoms with E-state index in [1.807, 2.05) is 6.92 Å². The van der Waals surface area contributed by atoms with Gasteiger partial charge in [-0.25, -0.2) is 4.39 Å². The fourth-order valence-electron chi connectivity index (χ4n) is 1.12. The summed E-state index contributed by atoms with van der Waals surface area (Å²) in [6.07, 6.45) is 0. The number of nitrogens with one attached hydrogen (secondary N) is 1. The van der Waals surface area contributed by atoms with Gasteiger partial charge < -0.3 is 5.32 Å². The highest BCUT2D eigenvalue weighted by atomic mass is 79.9. The molecule has 0 aromatic heterocycles. The molecule has 1 amide bonds. The van der Waals surface area contributed by atoms with Crippen LogP contribution in [0, 0.1) is 5.82 Å². The van der Waals surface area contributed by atoms with Gasteiger partial charge in [0.05, 0.1) is 11.1 Å². The average Bonchev–Trinajstić information content (AvgIpc) is 2.32. The average molecular weight is 387 g/mol. The third kappa shape index (κ3) is 3.93. The standard InChI is InChI=1S/C11H11Br2ClFNO/c1-11(5-12,6-13)16-10(17)8-4-7(14)2-3-9(8)15/h2-4H,5-6H2,1H3,(H,16,17). The summed E-state index contributed by atoms with van der Waals surface area (Å²) in [6, 6.07) is 3.90. The Labute approximate surface area is 121 Å². The Morgan fingerprint density at radius 3 is 2.59 bits per heavy atom. The molecule has 0 bridgehead atoms. The van der Waals surface area contributed by atoms with Gasteiger partial charge in [0.2, 0.25) is 0 Å². The normalized spacial score (nSPS) is 11.4. The van der Waals surface area contributed by atoms with Crippen LogP contribution in [0.3, 0.4) is 0 Å². The lowest BCUT2D eigenvalue weighted by Crippen LogP contribution is -2.49. The number of carbonyl (C=O) groups is 1. The van der Waals surface area contributed by atoms with Crippen LogP contribution in [0.25, 0.3) is 0 Å². The van der Waals surface area contributed by atoms with Crippen molar-refractivity contribution in [3.05, 3.63) is 34.6 Å². The maximum Gasteiger partial charge on any atom is 0.254 e. The molecule has 2 nitrogen and oxygen atoms in total. The minimum Gasteiger partial charge on any atom is -0.345 e. The highest BCUT2D eigenvalue weighted by Crippen LogP contribution is 2.17. The summed E-state index contributed by atoms with van der Waals surface area (Å²) in [6.45, 7) is 1.84. The van der Waals surface area contributed by atoms with Gasteiger partial charge in [-0.05, 0) is 25.1 Å². The van der Waals surface area contributed by atoms with Gasteiger partial charge in [-0.2, -0.15) is 0 Å². The summed E-state index contributed by atoms with van der Waals surface area (Å²) in [5, 5.41) is 4.18. The summed E-state index contributed by atoms with van der Waals surface area (Å²) in [5.41, 5.74) is -0.531. The lowest BCUT2D eigenvalue weighted by atomic mass is 10.1. The van der Waals surface area contributed by atoms with E-state index < -0.39 is 17.3 Å². The first-order valence-corrected chi connectivity index (χ1v) is 7.43. The Hall–Kier alpha value is -0.130. The van der Waals surface area contributed by atoms with Crippen LogP contribution in [0.5, 0.6) is 0 Å². The molecule has 0 saturated carbocycles. The third-order valence-electron chi connectivity index (χ3n) is 2.18. The molecule has 6 heteroatoms. The lowest BCUT2D eigenvalue weighted by Gasteiger charge is -2.26. The second-order valence-electron chi connectivity index (χ2n) is 3.91. The van der Waals surface area contributed by atoms with Gasteiger partial charge in [0.1, 0.15) is 5.82 Å². The monoisotopic (exact) mass is 385 g/mol. The zero-order valence-corrected chi connectivity index (χ0v) is 13.0. The van der Waals surface area contributed by atoms with Crippen LogP contribution in [-0.4, -0.2) is 22.1 Å². The number of benzene rings is 1. The number of alkyl halides is 2. The molecule has 0 aliphatic carbocycles. The van der Waals surface area contributed by atoms with Crippen LogP contribution in [0.4, 0.5) is 4.39 Å². The smallest absolute Gasteiger partial charge is 0.254 e. The minimum atomic E-state index is -0.585. The summed E-state index contributed by atoms with van der Waals surface area (Å²) in [7, 11) is 0. The molecule has 0 fully saturated rings. The lowest BCUT2D eigenvalue weighted by molar-refractivity contribution is 0.0919. The van der Waals surface area contributed by atoms with E-state index in [1.165, 1.54) is 18.2 Å². The number of carbonyl (C=O) groups excluding carboxylic acids is 1. The van der Waals surface area contributed by atoms with E-state index in [9.17, 15) is 9.18 Å². The Kier molecular flexibility index (Phi) is 5.41. The molecule has 0 unspecified atom stereocenters. The van der Waals surface area contributed by atoms with E-state index in [0.717, 1.165) is 0 Å². The minimum absolute atomic E-state index is 0.0503. The zero-order chi connectivity index (χ0) is 13.1. The molecule has 1 N–H and O–H groups in total. The highest BCUT2D eigenvalue weighted by molar-refractivity contribution is 9.09. The molecule has 1 rings (SSSR count). The first-order chi connectivity index (χ1) is 7.91. The van der Waals surface area contributed by atoms with Crippen molar-refractivity contribution < 1.29 is 9.18 Å². The zero-order valence-electron chi connectivity index (χ0n) is 9.07. The van der Waals surface area contributed by atoms with E-state index in [4.69, 9.17) is 11.6 Å². The van der Waals surface area contributed by atoms with Crippen molar-refractivity contribution in [1.82, 2.24) is 5.32 Å². The maximum atomic E-state index is 13.5. The Balaban J connectivity index is 2.94. The van der Waals surface area contributed by atoms with Gasteiger partial charge in [-0.3, -0.25) is 4.79 Å². The molecule has 0 atom stereocenters. The number of rotatable bonds is 4. The molecule has 0 radical (unpaired) electrons. The SMILES string of the molecule is CC(CBr)(CBr)NC(=O)c1cc(Cl)ccc1F. The molecule has 1 aromatic rings. The van der Waals surface area contributed by atoms with Crippen LogP contribution >= 0.6 is 43.5 Å². The van der Waals surface area contributed by atoms with Crippen molar-refractivity contribution in [3.63, 3.8) is 0 Å². The van der Waals surface area contributed by atoms with Gasteiger partial charge in [-0.15, -0.1) is 0 Å². The summed E-state index contributed by atoms with van der Waals surface area (Å²) in [4.78, 5) is 11.9. The van der Waals surface area contributed by atoms with E-state index in [-0.39, 0.29) is 5.56 Å². The van der Waals surface area contributed by atoms with Crippen LogP contribution in [0.2, 0.25) is 5.02 Å². The molecule has 0 saturated heterocycles. The van der Waals surface area contributed by atoms with Crippen molar-refractivity contribution in [1.29, 1.82) is 0 Å². The Bertz CT molecular complexity index is 424. The molecule has 94 valence electrons. The Morgan fingerprint density at radius 2 is 2.06 bits per heavy atom. The van der Waals surface area contributed by atoms with Crippen LogP contribution in [-0.2, 0) is 0 Å². The molecule has 17 heavy (non-hydrogen) atoms. The van der Waals surface area contributed by atoms with Gasteiger partial charge in [0.25, 0.3) is 5.91 Å². The summed E-state index contributed by atoms with van der Waals surface area (Å²) in [5.74, 6) is -1.07. The predicted molar refractivity (Wildman–Crippen MR) is 74.9 cm³/mol.